The fourth-order valence-corrected chi connectivity index (χ4v) is 2.10. The molecular weight excluding hydrogens is 241 g/mol. The molecule has 0 heterocycles. The summed E-state index contributed by atoms with van der Waals surface area (Å²) in [6.07, 6.45) is 3.10. The molecule has 0 radical (unpaired) electrons. The summed E-state index contributed by atoms with van der Waals surface area (Å²) in [5, 5.41) is 3.44. The molecule has 1 atom stereocenters. The highest BCUT2D eigenvalue weighted by Crippen LogP contribution is 2.26. The van der Waals surface area contributed by atoms with Gasteiger partial charge in [-0.25, -0.2) is 4.39 Å². The first kappa shape index (κ1) is 16.0. The first-order valence-corrected chi connectivity index (χ1v) is 7.15. The summed E-state index contributed by atoms with van der Waals surface area (Å²) in [6, 6.07) is 5.22. The molecule has 0 aliphatic rings. The number of methoxy groups -OCH3 is 1. The van der Waals surface area contributed by atoms with Gasteiger partial charge in [-0.1, -0.05) is 26.8 Å². The van der Waals surface area contributed by atoms with Gasteiger partial charge in [0.25, 0.3) is 0 Å². The minimum atomic E-state index is -0.184. The van der Waals surface area contributed by atoms with Crippen molar-refractivity contribution in [2.45, 2.75) is 46.1 Å². The molecule has 2 nitrogen and oxygen atoms in total. The highest BCUT2D eigenvalue weighted by Gasteiger charge is 2.16. The van der Waals surface area contributed by atoms with Gasteiger partial charge in [-0.3, -0.25) is 0 Å². The lowest BCUT2D eigenvalue weighted by Gasteiger charge is -2.21. The van der Waals surface area contributed by atoms with Crippen molar-refractivity contribution in [3.63, 3.8) is 0 Å². The molecule has 0 aliphatic heterocycles. The van der Waals surface area contributed by atoms with Crippen molar-refractivity contribution in [2.24, 2.45) is 5.92 Å². The van der Waals surface area contributed by atoms with E-state index in [1.54, 1.807) is 7.11 Å². The summed E-state index contributed by atoms with van der Waals surface area (Å²) in [7, 11) is 1.56. The van der Waals surface area contributed by atoms with Crippen LogP contribution in [-0.4, -0.2) is 13.7 Å². The Kier molecular flexibility index (Phi) is 6.85. The maximum absolute atomic E-state index is 14.1. The number of hydrogen-bond donors (Lipinski definition) is 1. The van der Waals surface area contributed by atoms with Crippen molar-refractivity contribution in [1.82, 2.24) is 5.32 Å². The number of benzene rings is 1. The molecule has 0 saturated carbocycles. The molecule has 19 heavy (non-hydrogen) atoms. The lowest BCUT2D eigenvalue weighted by Crippen LogP contribution is -2.23. The normalized spacial score (nSPS) is 12.7. The zero-order chi connectivity index (χ0) is 14.3. The molecule has 1 unspecified atom stereocenters. The van der Waals surface area contributed by atoms with Crippen LogP contribution in [0.15, 0.2) is 18.2 Å². The molecule has 1 aromatic carbocycles. The summed E-state index contributed by atoms with van der Waals surface area (Å²) in [6.45, 7) is 7.42. The standard InChI is InChI=1S/C16H26FNO/c1-5-10-18-16(9-6-12(2)3)14-8-7-13(19-4)11-15(14)17/h7-8,11-12,16,18H,5-6,9-10H2,1-4H3. The molecule has 0 aliphatic carbocycles. The molecular formula is C16H26FNO. The fourth-order valence-electron chi connectivity index (χ4n) is 2.10. The van der Waals surface area contributed by atoms with Crippen LogP contribution in [0, 0.1) is 11.7 Å². The summed E-state index contributed by atoms with van der Waals surface area (Å²) >= 11 is 0. The van der Waals surface area contributed by atoms with Crippen molar-refractivity contribution < 1.29 is 9.13 Å². The summed E-state index contributed by atoms with van der Waals surface area (Å²) in [5.74, 6) is 1.02. The van der Waals surface area contributed by atoms with Crippen molar-refractivity contribution in [3.8, 4) is 5.75 Å². The first-order valence-electron chi connectivity index (χ1n) is 7.15. The van der Waals surface area contributed by atoms with Crippen LogP contribution in [0.1, 0.15) is 51.6 Å². The van der Waals surface area contributed by atoms with Gasteiger partial charge in [-0.2, -0.15) is 0 Å². The predicted octanol–water partition coefficient (Wildman–Crippen LogP) is 4.31. The Morgan fingerprint density at radius 1 is 1.26 bits per heavy atom. The second kappa shape index (κ2) is 8.16. The van der Waals surface area contributed by atoms with E-state index in [0.29, 0.717) is 11.7 Å². The predicted molar refractivity (Wildman–Crippen MR) is 78.1 cm³/mol. The van der Waals surface area contributed by atoms with Crippen molar-refractivity contribution in [1.29, 1.82) is 0 Å². The molecule has 0 spiro atoms. The summed E-state index contributed by atoms with van der Waals surface area (Å²) in [4.78, 5) is 0. The number of rotatable bonds is 8. The second-order valence-corrected chi connectivity index (χ2v) is 5.37. The average molecular weight is 267 g/mol. The molecule has 108 valence electrons. The van der Waals surface area contributed by atoms with Gasteiger partial charge in [0, 0.05) is 17.7 Å². The van der Waals surface area contributed by atoms with E-state index in [2.05, 4.69) is 26.1 Å². The minimum Gasteiger partial charge on any atom is -0.497 e. The largest absolute Gasteiger partial charge is 0.497 e. The quantitative estimate of drug-likeness (QED) is 0.757. The molecule has 0 amide bonds. The SMILES string of the molecule is CCCNC(CCC(C)C)c1ccc(OC)cc1F. The molecule has 0 saturated heterocycles. The molecule has 0 fully saturated rings. The molecule has 0 bridgehead atoms. The third kappa shape index (κ3) is 5.19. The number of nitrogens with one attached hydrogen (secondary N) is 1. The Labute approximate surface area is 116 Å². The van der Waals surface area contributed by atoms with E-state index < -0.39 is 0 Å². The van der Waals surface area contributed by atoms with E-state index in [-0.39, 0.29) is 11.9 Å². The Morgan fingerprint density at radius 3 is 2.53 bits per heavy atom. The van der Waals surface area contributed by atoms with Gasteiger partial charge < -0.3 is 10.1 Å². The number of halogens is 1. The highest BCUT2D eigenvalue weighted by atomic mass is 19.1. The number of hydrogen-bond acceptors (Lipinski definition) is 2. The van der Waals surface area contributed by atoms with Crippen molar-refractivity contribution in [3.05, 3.63) is 29.6 Å². The van der Waals surface area contributed by atoms with Crippen LogP contribution in [0.2, 0.25) is 0 Å². The van der Waals surface area contributed by atoms with Gasteiger partial charge in [0.1, 0.15) is 11.6 Å². The van der Waals surface area contributed by atoms with Gasteiger partial charge >= 0.3 is 0 Å². The van der Waals surface area contributed by atoms with E-state index in [0.717, 1.165) is 31.4 Å². The van der Waals surface area contributed by atoms with Gasteiger partial charge in [-0.05, 0) is 37.8 Å². The zero-order valence-electron chi connectivity index (χ0n) is 12.5. The Bertz CT molecular complexity index is 379. The Morgan fingerprint density at radius 2 is 2.00 bits per heavy atom. The minimum absolute atomic E-state index is 0.0910. The maximum Gasteiger partial charge on any atom is 0.131 e. The van der Waals surface area contributed by atoms with Gasteiger partial charge in [0.05, 0.1) is 7.11 Å². The third-order valence-electron chi connectivity index (χ3n) is 3.26. The molecule has 1 rings (SSSR count). The van der Waals surface area contributed by atoms with Gasteiger partial charge in [-0.15, -0.1) is 0 Å². The van der Waals surface area contributed by atoms with Crippen LogP contribution < -0.4 is 10.1 Å². The van der Waals surface area contributed by atoms with E-state index in [9.17, 15) is 4.39 Å². The highest BCUT2D eigenvalue weighted by molar-refractivity contribution is 5.30. The second-order valence-electron chi connectivity index (χ2n) is 5.37. The van der Waals surface area contributed by atoms with Crippen LogP contribution in [0.25, 0.3) is 0 Å². The van der Waals surface area contributed by atoms with E-state index >= 15 is 0 Å². The van der Waals surface area contributed by atoms with Crippen LogP contribution in [0.4, 0.5) is 4.39 Å². The number of ether oxygens (including phenoxy) is 1. The van der Waals surface area contributed by atoms with Gasteiger partial charge in [0.15, 0.2) is 0 Å². The van der Waals surface area contributed by atoms with Crippen LogP contribution in [-0.2, 0) is 0 Å². The average Bonchev–Trinajstić information content (AvgIpc) is 2.39. The van der Waals surface area contributed by atoms with E-state index in [4.69, 9.17) is 4.74 Å². The molecule has 0 aromatic heterocycles. The first-order chi connectivity index (χ1) is 9.08. The lowest BCUT2D eigenvalue weighted by molar-refractivity contribution is 0.404. The molecule has 1 aromatic rings. The Balaban J connectivity index is 2.82. The Hall–Kier alpha value is -1.09. The zero-order valence-corrected chi connectivity index (χ0v) is 12.5. The van der Waals surface area contributed by atoms with E-state index in [1.165, 1.54) is 6.07 Å². The molecule has 1 N–H and O–H groups in total. The lowest BCUT2D eigenvalue weighted by atomic mass is 9.97. The fraction of sp³-hybridized carbons (Fsp3) is 0.625. The topological polar surface area (TPSA) is 21.3 Å². The van der Waals surface area contributed by atoms with Crippen LogP contribution in [0.5, 0.6) is 5.75 Å². The van der Waals surface area contributed by atoms with E-state index in [1.807, 2.05) is 12.1 Å². The maximum atomic E-state index is 14.1. The summed E-state index contributed by atoms with van der Waals surface area (Å²) in [5.41, 5.74) is 0.745. The van der Waals surface area contributed by atoms with Crippen molar-refractivity contribution >= 4 is 0 Å². The van der Waals surface area contributed by atoms with Crippen LogP contribution in [0.3, 0.4) is 0 Å². The third-order valence-corrected chi connectivity index (χ3v) is 3.26. The smallest absolute Gasteiger partial charge is 0.131 e. The summed E-state index contributed by atoms with van der Waals surface area (Å²) < 4.78 is 19.2. The van der Waals surface area contributed by atoms with Gasteiger partial charge in [0.2, 0.25) is 0 Å². The monoisotopic (exact) mass is 267 g/mol. The molecule has 3 heteroatoms. The van der Waals surface area contributed by atoms with Crippen LogP contribution >= 0.6 is 0 Å². The van der Waals surface area contributed by atoms with Crippen molar-refractivity contribution in [2.75, 3.05) is 13.7 Å².